The van der Waals surface area contributed by atoms with Crippen LogP contribution in [-0.4, -0.2) is 37.7 Å². The Bertz CT molecular complexity index is 1690. The second-order valence-corrected chi connectivity index (χ2v) is 11.6. The number of carbonyl (C=O) groups excluding carboxylic acids is 2. The molecule has 1 amide bonds. The highest BCUT2D eigenvalue weighted by atomic mass is 79.9. The number of halogens is 1. The number of aryl methyl sites for hydroxylation is 1. The number of ether oxygens (including phenoxy) is 3. The average molecular weight is 628 g/mol. The van der Waals surface area contributed by atoms with E-state index < -0.39 is 17.9 Å². The zero-order valence-corrected chi connectivity index (χ0v) is 25.0. The van der Waals surface area contributed by atoms with Gasteiger partial charge in [0, 0.05) is 4.47 Å². The molecule has 0 aliphatic carbocycles. The average Bonchev–Trinajstić information content (AvgIpc) is 3.45. The molecule has 11 heteroatoms. The monoisotopic (exact) mass is 626 g/mol. The fourth-order valence-electron chi connectivity index (χ4n) is 4.60. The van der Waals surface area contributed by atoms with Crippen LogP contribution < -0.4 is 19.8 Å². The summed E-state index contributed by atoms with van der Waals surface area (Å²) in [6, 6.07) is 9.46. The fraction of sp³-hybridized carbons (Fsp3) is 0.310. The molecule has 9 nitrogen and oxygen atoms in total. The highest BCUT2D eigenvalue weighted by Gasteiger charge is 2.45. The Hall–Kier alpha value is -3.70. The van der Waals surface area contributed by atoms with Crippen molar-refractivity contribution in [1.29, 1.82) is 0 Å². The number of hydrogen-bond donors (Lipinski definition) is 0. The van der Waals surface area contributed by atoms with Crippen molar-refractivity contribution in [2.45, 2.75) is 33.2 Å². The zero-order valence-electron chi connectivity index (χ0n) is 22.6. The number of methoxy groups -OCH3 is 2. The van der Waals surface area contributed by atoms with Crippen molar-refractivity contribution in [3.63, 3.8) is 0 Å². The van der Waals surface area contributed by atoms with Crippen LogP contribution in [0.4, 0.5) is 5.13 Å². The molecule has 1 unspecified atom stereocenters. The summed E-state index contributed by atoms with van der Waals surface area (Å²) in [6.07, 6.45) is 0.874. The van der Waals surface area contributed by atoms with Crippen LogP contribution in [0, 0.1) is 12.8 Å². The lowest BCUT2D eigenvalue weighted by molar-refractivity contribution is 0.0605. The lowest BCUT2D eigenvalue weighted by Gasteiger charge is -2.23. The highest BCUT2D eigenvalue weighted by Crippen LogP contribution is 2.45. The van der Waals surface area contributed by atoms with Gasteiger partial charge in [-0.3, -0.25) is 14.5 Å². The molecule has 0 N–H and O–H groups in total. The summed E-state index contributed by atoms with van der Waals surface area (Å²) >= 11 is 4.43. The molecule has 2 aromatic carbocycles. The first-order valence-corrected chi connectivity index (χ1v) is 14.2. The molecule has 1 aliphatic rings. The molecule has 3 heterocycles. The SMILES string of the molecule is COC(=O)c1sc(N2C(=O)c3oc4ccc(Br)cc4c(=O)c3C2c2ccc(OCCC(C)C)c(OC)c2)nc1C. The number of carbonyl (C=O) groups is 2. The molecule has 208 valence electrons. The number of fused-ring (bicyclic) bond motifs is 2. The van der Waals surface area contributed by atoms with Crippen molar-refractivity contribution in [2.24, 2.45) is 5.92 Å². The zero-order chi connectivity index (χ0) is 28.7. The first-order chi connectivity index (χ1) is 19.1. The van der Waals surface area contributed by atoms with E-state index in [9.17, 15) is 14.4 Å². The van der Waals surface area contributed by atoms with Crippen molar-refractivity contribution >= 4 is 55.2 Å². The molecule has 40 heavy (non-hydrogen) atoms. The van der Waals surface area contributed by atoms with Gasteiger partial charge in [0.05, 0.1) is 43.5 Å². The van der Waals surface area contributed by atoms with Gasteiger partial charge in [-0.25, -0.2) is 9.78 Å². The molecule has 5 rings (SSSR count). The van der Waals surface area contributed by atoms with E-state index in [4.69, 9.17) is 18.6 Å². The van der Waals surface area contributed by atoms with Crippen molar-refractivity contribution in [2.75, 3.05) is 25.7 Å². The topological polar surface area (TPSA) is 108 Å². The van der Waals surface area contributed by atoms with Gasteiger partial charge in [-0.2, -0.15) is 0 Å². The summed E-state index contributed by atoms with van der Waals surface area (Å²) in [6.45, 7) is 6.42. The summed E-state index contributed by atoms with van der Waals surface area (Å²) in [4.78, 5) is 46.4. The van der Waals surface area contributed by atoms with E-state index in [0.717, 1.165) is 17.8 Å². The Kier molecular flexibility index (Phi) is 7.70. The summed E-state index contributed by atoms with van der Waals surface area (Å²) in [5.41, 5.74) is 1.14. The minimum Gasteiger partial charge on any atom is -0.493 e. The lowest BCUT2D eigenvalue weighted by Crippen LogP contribution is -2.29. The maximum Gasteiger partial charge on any atom is 0.350 e. The van der Waals surface area contributed by atoms with Gasteiger partial charge in [0.1, 0.15) is 10.5 Å². The van der Waals surface area contributed by atoms with E-state index in [2.05, 4.69) is 34.8 Å². The Labute approximate surface area is 242 Å². The van der Waals surface area contributed by atoms with Crippen molar-refractivity contribution < 1.29 is 28.2 Å². The number of benzene rings is 2. The van der Waals surface area contributed by atoms with Gasteiger partial charge in [-0.05, 0) is 55.2 Å². The Morgan fingerprint density at radius 2 is 1.93 bits per heavy atom. The standard InChI is InChI=1S/C29H27BrN2O7S/c1-14(2)10-11-38-20-8-6-16(12-21(20)36-4)23-22-24(33)18-13-17(30)7-9-19(18)39-25(22)27(34)32(23)29-31-15(3)26(40-29)28(35)37-5/h6-9,12-14,23H,10-11H2,1-5H3. The Morgan fingerprint density at radius 3 is 2.62 bits per heavy atom. The van der Waals surface area contributed by atoms with E-state index in [1.807, 2.05) is 0 Å². The molecule has 4 aromatic rings. The third-order valence-corrected chi connectivity index (χ3v) is 8.28. The van der Waals surface area contributed by atoms with Crippen molar-refractivity contribution in [3.05, 3.63) is 78.6 Å². The molecular formula is C29H27BrN2O7S. The van der Waals surface area contributed by atoms with Gasteiger partial charge in [-0.1, -0.05) is 47.2 Å². The third-order valence-electron chi connectivity index (χ3n) is 6.65. The van der Waals surface area contributed by atoms with Gasteiger partial charge in [0.15, 0.2) is 22.1 Å². The number of hydrogen-bond acceptors (Lipinski definition) is 9. The first-order valence-electron chi connectivity index (χ1n) is 12.6. The van der Waals surface area contributed by atoms with Crippen LogP contribution in [0.5, 0.6) is 11.5 Å². The van der Waals surface area contributed by atoms with Gasteiger partial charge in [-0.15, -0.1) is 0 Å². The van der Waals surface area contributed by atoms with E-state index in [1.165, 1.54) is 19.1 Å². The van der Waals surface area contributed by atoms with Gasteiger partial charge in [0.2, 0.25) is 5.76 Å². The number of esters is 1. The predicted octanol–water partition coefficient (Wildman–Crippen LogP) is 6.29. The lowest BCUT2D eigenvalue weighted by atomic mass is 9.98. The minimum absolute atomic E-state index is 0.0754. The van der Waals surface area contributed by atoms with E-state index in [-0.39, 0.29) is 32.3 Å². The van der Waals surface area contributed by atoms with Gasteiger partial charge >= 0.3 is 5.97 Å². The molecule has 0 saturated heterocycles. The van der Waals surface area contributed by atoms with Crippen molar-refractivity contribution in [3.8, 4) is 11.5 Å². The molecule has 0 bridgehead atoms. The largest absolute Gasteiger partial charge is 0.493 e. The number of thiazole rings is 1. The molecule has 0 radical (unpaired) electrons. The van der Waals surface area contributed by atoms with Crippen LogP contribution in [-0.2, 0) is 4.74 Å². The van der Waals surface area contributed by atoms with E-state index in [0.29, 0.717) is 45.1 Å². The fourth-order valence-corrected chi connectivity index (χ4v) is 5.98. The Balaban J connectivity index is 1.70. The van der Waals surface area contributed by atoms with Crippen LogP contribution in [0.2, 0.25) is 0 Å². The molecule has 1 atom stereocenters. The first kappa shape index (κ1) is 27.9. The van der Waals surface area contributed by atoms with Crippen LogP contribution >= 0.6 is 27.3 Å². The molecule has 2 aromatic heterocycles. The number of nitrogens with zero attached hydrogens (tertiary/aromatic N) is 2. The number of anilines is 1. The normalized spacial score (nSPS) is 14.6. The molecule has 0 fully saturated rings. The van der Waals surface area contributed by atoms with Crippen LogP contribution in [0.25, 0.3) is 11.0 Å². The molecule has 0 saturated carbocycles. The van der Waals surface area contributed by atoms with E-state index in [1.54, 1.807) is 43.3 Å². The van der Waals surface area contributed by atoms with Crippen LogP contribution in [0.1, 0.15) is 63.4 Å². The summed E-state index contributed by atoms with van der Waals surface area (Å²) in [7, 11) is 2.82. The summed E-state index contributed by atoms with van der Waals surface area (Å²) in [5.74, 6) is 0.315. The molecule has 1 aliphatic heterocycles. The Morgan fingerprint density at radius 1 is 1.15 bits per heavy atom. The van der Waals surface area contributed by atoms with E-state index >= 15 is 0 Å². The quantitative estimate of drug-likeness (QED) is 0.210. The highest BCUT2D eigenvalue weighted by molar-refractivity contribution is 9.10. The van der Waals surface area contributed by atoms with Crippen LogP contribution in [0.15, 0.2) is 50.1 Å². The number of aromatic nitrogens is 1. The smallest absolute Gasteiger partial charge is 0.350 e. The van der Waals surface area contributed by atoms with Gasteiger partial charge in [0.25, 0.3) is 5.91 Å². The third kappa shape index (κ3) is 4.88. The number of rotatable bonds is 8. The van der Waals surface area contributed by atoms with Crippen LogP contribution in [0.3, 0.4) is 0 Å². The minimum atomic E-state index is -0.892. The number of amides is 1. The second-order valence-electron chi connectivity index (χ2n) is 9.74. The second kappa shape index (κ2) is 11.1. The van der Waals surface area contributed by atoms with Gasteiger partial charge < -0.3 is 18.6 Å². The maximum atomic E-state index is 13.9. The van der Waals surface area contributed by atoms with Crippen molar-refractivity contribution in [1.82, 2.24) is 4.98 Å². The molecular weight excluding hydrogens is 600 g/mol. The maximum absolute atomic E-state index is 13.9. The predicted molar refractivity (Wildman–Crippen MR) is 155 cm³/mol. The molecule has 0 spiro atoms. The summed E-state index contributed by atoms with van der Waals surface area (Å²) in [5, 5.41) is 0.569. The summed E-state index contributed by atoms with van der Waals surface area (Å²) < 4.78 is 23.2.